The van der Waals surface area contributed by atoms with Crippen molar-refractivity contribution in [1.82, 2.24) is 20.4 Å². The van der Waals surface area contributed by atoms with E-state index in [1.165, 1.54) is 17.0 Å². The summed E-state index contributed by atoms with van der Waals surface area (Å²) in [5.41, 5.74) is 3.58. The predicted molar refractivity (Wildman–Crippen MR) is 154 cm³/mol. The molecule has 0 radical (unpaired) electrons. The molecule has 0 saturated carbocycles. The number of nitrogens with one attached hydrogen (secondary N) is 2. The summed E-state index contributed by atoms with van der Waals surface area (Å²) in [6, 6.07) is 11.6. The summed E-state index contributed by atoms with van der Waals surface area (Å²) in [5, 5.41) is 9.02. The predicted octanol–water partition coefficient (Wildman–Crippen LogP) is 3.40. The van der Waals surface area contributed by atoms with Crippen LogP contribution in [-0.2, 0) is 21.1 Å². The molecule has 2 aromatic carbocycles. The van der Waals surface area contributed by atoms with Crippen LogP contribution < -0.4 is 10.9 Å². The van der Waals surface area contributed by atoms with Crippen molar-refractivity contribution in [2.45, 2.75) is 63.8 Å². The van der Waals surface area contributed by atoms with Crippen LogP contribution in [0, 0.1) is 19.7 Å². The average molecular weight is 583 g/mol. The van der Waals surface area contributed by atoms with Gasteiger partial charge in [-0.05, 0) is 87.6 Å². The van der Waals surface area contributed by atoms with Gasteiger partial charge < -0.3 is 10.2 Å². The van der Waals surface area contributed by atoms with Gasteiger partial charge in [0.15, 0.2) is 9.84 Å². The Bertz CT molecular complexity index is 1650. The van der Waals surface area contributed by atoms with Crippen LogP contribution in [-0.4, -0.2) is 58.9 Å². The number of amides is 2. The molecule has 11 heteroatoms. The molecule has 2 atom stereocenters. The zero-order chi connectivity index (χ0) is 30.1. The first-order valence-electron chi connectivity index (χ1n) is 13.4. The van der Waals surface area contributed by atoms with E-state index in [2.05, 4.69) is 15.5 Å². The second kappa shape index (κ2) is 11.6. The van der Waals surface area contributed by atoms with Gasteiger partial charge in [0.2, 0.25) is 5.91 Å². The molecular weight excluding hydrogens is 547 g/mol. The number of rotatable bonds is 8. The largest absolute Gasteiger partial charge is 0.343 e. The van der Waals surface area contributed by atoms with Gasteiger partial charge in [0.1, 0.15) is 5.82 Å². The Labute approximate surface area is 239 Å². The number of carbonyl (C=O) groups excluding carboxylic acids is 2. The minimum absolute atomic E-state index is 0.272. The van der Waals surface area contributed by atoms with Crippen LogP contribution in [0.1, 0.15) is 71.0 Å². The molecule has 4 rings (SSSR count). The van der Waals surface area contributed by atoms with E-state index in [0.29, 0.717) is 41.6 Å². The van der Waals surface area contributed by atoms with E-state index < -0.39 is 44.3 Å². The van der Waals surface area contributed by atoms with Crippen LogP contribution >= 0.6 is 0 Å². The molecule has 1 aliphatic heterocycles. The van der Waals surface area contributed by atoms with E-state index in [1.807, 2.05) is 6.92 Å². The summed E-state index contributed by atoms with van der Waals surface area (Å²) in [7, 11) is -3.56. The van der Waals surface area contributed by atoms with Crippen molar-refractivity contribution in [3.8, 4) is 0 Å². The van der Waals surface area contributed by atoms with Gasteiger partial charge in [-0.25, -0.2) is 17.9 Å². The third-order valence-electron chi connectivity index (χ3n) is 8.06. The smallest absolute Gasteiger partial charge is 0.267 e. The van der Waals surface area contributed by atoms with Gasteiger partial charge in [-0.15, -0.1) is 0 Å². The van der Waals surface area contributed by atoms with Crippen LogP contribution in [0.25, 0.3) is 0 Å². The molecule has 0 spiro atoms. The molecule has 3 aromatic rings. The average Bonchev–Trinajstić information content (AvgIpc) is 3.36. The Hall–Kier alpha value is -3.86. The Morgan fingerprint density at radius 2 is 1.83 bits per heavy atom. The molecule has 41 heavy (non-hydrogen) atoms. The topological polar surface area (TPSA) is 129 Å². The van der Waals surface area contributed by atoms with E-state index in [0.717, 1.165) is 17.4 Å². The van der Waals surface area contributed by atoms with Crippen molar-refractivity contribution < 1.29 is 22.4 Å². The summed E-state index contributed by atoms with van der Waals surface area (Å²) >= 11 is 0. The number of hydrogen-bond acceptors (Lipinski definition) is 6. The molecule has 1 unspecified atom stereocenters. The molecule has 0 bridgehead atoms. The van der Waals surface area contributed by atoms with Gasteiger partial charge >= 0.3 is 0 Å². The van der Waals surface area contributed by atoms with E-state index in [9.17, 15) is 27.2 Å². The molecule has 218 valence electrons. The summed E-state index contributed by atoms with van der Waals surface area (Å²) in [6.07, 6.45) is 2.40. The van der Waals surface area contributed by atoms with Gasteiger partial charge in [0.25, 0.3) is 11.5 Å². The Morgan fingerprint density at radius 1 is 1.10 bits per heavy atom. The van der Waals surface area contributed by atoms with Crippen molar-refractivity contribution in [3.05, 3.63) is 98.2 Å². The third kappa shape index (κ3) is 6.40. The fourth-order valence-electron chi connectivity index (χ4n) is 5.41. The number of carbonyl (C=O) groups is 2. The lowest BCUT2D eigenvalue weighted by Crippen LogP contribution is -2.54. The van der Waals surface area contributed by atoms with Crippen LogP contribution in [0.4, 0.5) is 4.39 Å². The standard InChI is InChI=1S/C30H35FN4O5S/c1-18-13-22(10-9-20(18)15-23-14-19(2)33-34-29(23)38)28(37)32-17-27(36)35-25(21-7-6-8-24(31)16-21)11-12-26(35)30(3,4)41(5,39)40/h6-10,13-14,16,25-26H,11-12,15,17H2,1-5H3,(H,32,37)(H,34,38)/t25-,26?/m0/s1. The summed E-state index contributed by atoms with van der Waals surface area (Å²) < 4.78 is 38.2. The highest BCUT2D eigenvalue weighted by Crippen LogP contribution is 2.42. The molecular formula is C30H35FN4O5S. The molecule has 1 aliphatic rings. The van der Waals surface area contributed by atoms with E-state index in [1.54, 1.807) is 57.2 Å². The van der Waals surface area contributed by atoms with Crippen LogP contribution in [0.5, 0.6) is 0 Å². The van der Waals surface area contributed by atoms with Gasteiger partial charge in [-0.3, -0.25) is 14.4 Å². The first-order valence-corrected chi connectivity index (χ1v) is 15.3. The summed E-state index contributed by atoms with van der Waals surface area (Å²) in [6.45, 7) is 6.45. The van der Waals surface area contributed by atoms with Crippen molar-refractivity contribution in [2.24, 2.45) is 0 Å². The fourth-order valence-corrected chi connectivity index (χ4v) is 6.14. The lowest BCUT2D eigenvalue weighted by molar-refractivity contribution is -0.133. The van der Waals surface area contributed by atoms with E-state index >= 15 is 0 Å². The number of hydrogen-bond donors (Lipinski definition) is 2. The number of aromatic nitrogens is 2. The highest BCUT2D eigenvalue weighted by molar-refractivity contribution is 7.92. The summed E-state index contributed by atoms with van der Waals surface area (Å²) in [5.74, 6) is -1.37. The highest BCUT2D eigenvalue weighted by atomic mass is 32.2. The van der Waals surface area contributed by atoms with Crippen LogP contribution in [0.3, 0.4) is 0 Å². The van der Waals surface area contributed by atoms with Crippen LogP contribution in [0.2, 0.25) is 0 Å². The monoisotopic (exact) mass is 582 g/mol. The molecule has 9 nitrogen and oxygen atoms in total. The number of aromatic amines is 1. The van der Waals surface area contributed by atoms with Crippen LogP contribution in [0.15, 0.2) is 53.3 Å². The zero-order valence-corrected chi connectivity index (χ0v) is 24.6. The minimum Gasteiger partial charge on any atom is -0.343 e. The second-order valence-electron chi connectivity index (χ2n) is 11.2. The number of benzene rings is 2. The number of likely N-dealkylation sites (tertiary alicyclic amines) is 1. The zero-order valence-electron chi connectivity index (χ0n) is 23.8. The van der Waals surface area contributed by atoms with Gasteiger partial charge in [0, 0.05) is 23.8 Å². The van der Waals surface area contributed by atoms with Gasteiger partial charge in [-0.1, -0.05) is 18.2 Å². The molecule has 1 aromatic heterocycles. The van der Waals surface area contributed by atoms with E-state index in [-0.39, 0.29) is 12.1 Å². The maximum Gasteiger partial charge on any atom is 0.267 e. The Balaban J connectivity index is 1.52. The maximum atomic E-state index is 14.1. The quantitative estimate of drug-likeness (QED) is 0.419. The fraction of sp³-hybridized carbons (Fsp3) is 0.400. The minimum atomic E-state index is -3.56. The Kier molecular flexibility index (Phi) is 8.49. The van der Waals surface area contributed by atoms with E-state index in [4.69, 9.17) is 0 Å². The first-order chi connectivity index (χ1) is 19.2. The van der Waals surface area contributed by atoms with Crippen molar-refractivity contribution in [3.63, 3.8) is 0 Å². The molecule has 2 N–H and O–H groups in total. The SMILES string of the molecule is Cc1cc(Cc2ccc(C(=O)NCC(=O)N3C(C(C)(C)S(C)(=O)=O)CC[C@H]3c3cccc(F)c3)cc2C)c(=O)[nH]n1. The Morgan fingerprint density at radius 3 is 2.49 bits per heavy atom. The maximum absolute atomic E-state index is 14.1. The van der Waals surface area contributed by atoms with Crippen molar-refractivity contribution in [2.75, 3.05) is 12.8 Å². The van der Waals surface area contributed by atoms with Gasteiger partial charge in [0.05, 0.1) is 29.1 Å². The molecule has 2 heterocycles. The molecule has 1 fully saturated rings. The van der Waals surface area contributed by atoms with Gasteiger partial charge in [-0.2, -0.15) is 5.10 Å². The molecule has 1 saturated heterocycles. The second-order valence-corrected chi connectivity index (χ2v) is 13.8. The number of halogens is 1. The highest BCUT2D eigenvalue weighted by Gasteiger charge is 2.49. The third-order valence-corrected chi connectivity index (χ3v) is 10.2. The van der Waals surface area contributed by atoms with Crippen molar-refractivity contribution >= 4 is 21.7 Å². The van der Waals surface area contributed by atoms with Crippen molar-refractivity contribution in [1.29, 1.82) is 0 Å². The number of sulfone groups is 1. The number of nitrogens with zero attached hydrogens (tertiary/aromatic N) is 2. The number of H-pyrrole nitrogens is 1. The lowest BCUT2D eigenvalue weighted by atomic mass is 9.99. The molecule has 0 aliphatic carbocycles. The normalized spacial score (nSPS) is 17.5. The lowest BCUT2D eigenvalue weighted by Gasteiger charge is -2.39. The molecule has 2 amide bonds. The number of aryl methyl sites for hydroxylation is 2. The summed E-state index contributed by atoms with van der Waals surface area (Å²) in [4.78, 5) is 40.2. The first kappa shape index (κ1) is 30.1.